The average molecular weight is 279 g/mol. The molecule has 0 N–H and O–H groups in total. The van der Waals surface area contributed by atoms with Crippen molar-refractivity contribution in [1.29, 1.82) is 0 Å². The van der Waals surface area contributed by atoms with Crippen LogP contribution in [0.3, 0.4) is 0 Å². The van der Waals surface area contributed by atoms with Crippen LogP contribution in [0.5, 0.6) is 0 Å². The molecule has 3 heteroatoms. The molecule has 0 rings (SSSR count). The van der Waals surface area contributed by atoms with Crippen LogP contribution in [-0.2, 0) is 0 Å². The molecule has 0 aromatic heterocycles. The number of aliphatic imine (C=N–C) groups is 2. The van der Waals surface area contributed by atoms with E-state index in [1.54, 1.807) is 0 Å². The Kier molecular flexibility index (Phi) is 11.0. The number of hydrogen-bond donors (Lipinski definition) is 0. The summed E-state index contributed by atoms with van der Waals surface area (Å²) < 4.78 is 0. The molecule has 0 aliphatic heterocycles. The lowest BCUT2D eigenvalue weighted by Crippen LogP contribution is -2.25. The van der Waals surface area contributed by atoms with Gasteiger partial charge in [0.15, 0.2) is 0 Å². The van der Waals surface area contributed by atoms with Crippen molar-refractivity contribution < 1.29 is 0 Å². The monoisotopic (exact) mass is 279 g/mol. The molecule has 0 fully saturated rings. The molecule has 0 heterocycles. The van der Waals surface area contributed by atoms with Gasteiger partial charge in [0, 0.05) is 19.5 Å². The number of allylic oxidation sites excluding steroid dienone is 1. The second-order valence-corrected chi connectivity index (χ2v) is 5.63. The minimum Gasteiger partial charge on any atom is -0.357 e. The lowest BCUT2D eigenvalue weighted by molar-refractivity contribution is 0.327. The van der Waals surface area contributed by atoms with Crippen molar-refractivity contribution in [3.63, 3.8) is 0 Å². The summed E-state index contributed by atoms with van der Waals surface area (Å²) in [6.45, 7) is 16.7. The van der Waals surface area contributed by atoms with E-state index < -0.39 is 0 Å². The zero-order chi connectivity index (χ0) is 15.4. The Bertz CT molecular complexity index is 308. The summed E-state index contributed by atoms with van der Waals surface area (Å²) in [6.07, 6.45) is 7.81. The maximum atomic E-state index is 4.73. The highest BCUT2D eigenvalue weighted by Crippen LogP contribution is 2.13. The quantitative estimate of drug-likeness (QED) is 0.413. The van der Waals surface area contributed by atoms with Crippen molar-refractivity contribution in [2.24, 2.45) is 15.9 Å². The van der Waals surface area contributed by atoms with Crippen LogP contribution in [-0.4, -0.2) is 30.5 Å². The van der Waals surface area contributed by atoms with Crippen LogP contribution in [0.25, 0.3) is 0 Å². The van der Waals surface area contributed by atoms with Gasteiger partial charge in [-0.2, -0.15) is 0 Å². The van der Waals surface area contributed by atoms with E-state index in [0.29, 0.717) is 5.92 Å². The van der Waals surface area contributed by atoms with Gasteiger partial charge in [-0.1, -0.05) is 40.5 Å². The van der Waals surface area contributed by atoms with Crippen LogP contribution in [0.1, 0.15) is 66.7 Å². The normalized spacial score (nSPS) is 12.9. The van der Waals surface area contributed by atoms with Crippen molar-refractivity contribution in [2.75, 3.05) is 13.1 Å². The molecule has 0 aliphatic carbocycles. The summed E-state index contributed by atoms with van der Waals surface area (Å²) in [5.41, 5.74) is 0. The zero-order valence-electron chi connectivity index (χ0n) is 14.2. The van der Waals surface area contributed by atoms with Gasteiger partial charge < -0.3 is 4.90 Å². The molecular weight excluding hydrogens is 246 g/mol. The van der Waals surface area contributed by atoms with E-state index in [1.165, 1.54) is 25.7 Å². The molecule has 20 heavy (non-hydrogen) atoms. The molecular formula is C17H33N3. The predicted octanol–water partition coefficient (Wildman–Crippen LogP) is 4.90. The fourth-order valence-electron chi connectivity index (χ4n) is 2.00. The Morgan fingerprint density at radius 3 is 2.05 bits per heavy atom. The first kappa shape index (κ1) is 18.9. The maximum absolute atomic E-state index is 4.73. The topological polar surface area (TPSA) is 28.0 Å². The van der Waals surface area contributed by atoms with Gasteiger partial charge in [-0.15, -0.1) is 0 Å². The number of unbranched alkanes of at least 4 members (excludes halogenated alkanes) is 2. The highest BCUT2D eigenvalue weighted by atomic mass is 15.2. The van der Waals surface area contributed by atoms with Crippen molar-refractivity contribution in [1.82, 2.24) is 4.90 Å². The van der Waals surface area contributed by atoms with Crippen LogP contribution in [0, 0.1) is 5.92 Å². The Hall–Kier alpha value is -1.12. The van der Waals surface area contributed by atoms with Gasteiger partial charge >= 0.3 is 0 Å². The van der Waals surface area contributed by atoms with E-state index in [2.05, 4.69) is 57.3 Å². The van der Waals surface area contributed by atoms with E-state index in [0.717, 1.165) is 31.2 Å². The van der Waals surface area contributed by atoms with E-state index >= 15 is 0 Å². The molecule has 0 aromatic carbocycles. The van der Waals surface area contributed by atoms with Crippen LogP contribution in [0.4, 0.5) is 0 Å². The summed E-state index contributed by atoms with van der Waals surface area (Å²) in [4.78, 5) is 11.2. The van der Waals surface area contributed by atoms with Crippen LogP contribution < -0.4 is 0 Å². The van der Waals surface area contributed by atoms with Gasteiger partial charge in [0.25, 0.3) is 0 Å². The molecule has 0 spiro atoms. The second kappa shape index (κ2) is 11.7. The molecule has 0 aliphatic rings. The van der Waals surface area contributed by atoms with E-state index in [-0.39, 0.29) is 0 Å². The summed E-state index contributed by atoms with van der Waals surface area (Å²) in [5.74, 6) is 2.46. The third kappa shape index (κ3) is 8.13. The van der Waals surface area contributed by atoms with Gasteiger partial charge in [0.05, 0.1) is 0 Å². The zero-order valence-corrected chi connectivity index (χ0v) is 14.2. The van der Waals surface area contributed by atoms with E-state index in [1.807, 2.05) is 0 Å². The second-order valence-electron chi connectivity index (χ2n) is 5.63. The molecule has 116 valence electrons. The molecule has 0 saturated heterocycles. The van der Waals surface area contributed by atoms with Gasteiger partial charge in [-0.25, -0.2) is 9.98 Å². The number of amidine groups is 1. The molecule has 0 bridgehead atoms. The first-order valence-electron chi connectivity index (χ1n) is 8.04. The standard InChI is InChI=1S/C17H33N3/c1-7-10-12-20(13-11-8-2)17(9-3)19-16(18-6)14-15(4)5/h9,15H,6-8,10-14H2,1-5H3/b17-9+,19-16?. The van der Waals surface area contributed by atoms with Crippen molar-refractivity contribution >= 4 is 12.6 Å². The summed E-state index contributed by atoms with van der Waals surface area (Å²) in [5, 5.41) is 0. The molecule has 0 aromatic rings. The van der Waals surface area contributed by atoms with Crippen molar-refractivity contribution in [2.45, 2.75) is 66.7 Å². The SMILES string of the molecule is C=NC(CC(C)C)=N/C(=C\C)N(CCCC)CCCC. The molecule has 0 atom stereocenters. The van der Waals surface area contributed by atoms with Crippen LogP contribution in [0.2, 0.25) is 0 Å². The first-order chi connectivity index (χ1) is 9.58. The average Bonchev–Trinajstić information content (AvgIpc) is 2.43. The lowest BCUT2D eigenvalue weighted by Gasteiger charge is -2.25. The van der Waals surface area contributed by atoms with Gasteiger partial charge in [-0.05, 0) is 38.5 Å². The Labute approximate surface area is 125 Å². The lowest BCUT2D eigenvalue weighted by atomic mass is 10.1. The summed E-state index contributed by atoms with van der Waals surface area (Å²) in [7, 11) is 0. The molecule has 3 nitrogen and oxygen atoms in total. The summed E-state index contributed by atoms with van der Waals surface area (Å²) >= 11 is 0. The highest BCUT2D eigenvalue weighted by molar-refractivity contribution is 5.87. The Balaban J connectivity index is 4.94. The van der Waals surface area contributed by atoms with Crippen LogP contribution in [0.15, 0.2) is 21.9 Å². The van der Waals surface area contributed by atoms with E-state index in [4.69, 9.17) is 4.99 Å². The summed E-state index contributed by atoms with van der Waals surface area (Å²) in [6, 6.07) is 0. The highest BCUT2D eigenvalue weighted by Gasteiger charge is 2.09. The number of rotatable bonds is 10. The van der Waals surface area contributed by atoms with Crippen LogP contribution >= 0.6 is 0 Å². The van der Waals surface area contributed by atoms with Crippen molar-refractivity contribution in [3.8, 4) is 0 Å². The fraction of sp³-hybridized carbons (Fsp3) is 0.765. The molecule has 0 saturated carbocycles. The first-order valence-corrected chi connectivity index (χ1v) is 8.04. The Morgan fingerprint density at radius 1 is 1.15 bits per heavy atom. The molecule has 0 radical (unpaired) electrons. The van der Waals surface area contributed by atoms with Gasteiger partial charge in [0.1, 0.15) is 11.7 Å². The van der Waals surface area contributed by atoms with Crippen molar-refractivity contribution in [3.05, 3.63) is 11.9 Å². The smallest absolute Gasteiger partial charge is 0.130 e. The fourth-order valence-corrected chi connectivity index (χ4v) is 2.00. The third-order valence-corrected chi connectivity index (χ3v) is 3.16. The minimum absolute atomic E-state index is 0.553. The number of nitrogens with zero attached hydrogens (tertiary/aromatic N) is 3. The minimum atomic E-state index is 0.553. The Morgan fingerprint density at radius 2 is 1.70 bits per heavy atom. The number of hydrogen-bond acceptors (Lipinski definition) is 2. The maximum Gasteiger partial charge on any atom is 0.130 e. The molecule has 0 unspecified atom stereocenters. The molecule has 0 amide bonds. The van der Waals surface area contributed by atoms with Gasteiger partial charge in [-0.3, -0.25) is 0 Å². The van der Waals surface area contributed by atoms with E-state index in [9.17, 15) is 0 Å². The third-order valence-electron chi connectivity index (χ3n) is 3.16. The predicted molar refractivity (Wildman–Crippen MR) is 91.6 cm³/mol. The van der Waals surface area contributed by atoms with Gasteiger partial charge in [0.2, 0.25) is 0 Å². The largest absolute Gasteiger partial charge is 0.357 e.